The summed E-state index contributed by atoms with van der Waals surface area (Å²) >= 11 is 6.15. The molecule has 1 fully saturated rings. The third-order valence-electron chi connectivity index (χ3n) is 6.45. The van der Waals surface area contributed by atoms with E-state index in [1.807, 2.05) is 0 Å². The minimum atomic E-state index is -4.81. The molecule has 1 N–H and O–H groups in total. The molecule has 1 amide bonds. The van der Waals surface area contributed by atoms with Crippen molar-refractivity contribution in [1.82, 2.24) is 9.78 Å². The van der Waals surface area contributed by atoms with Gasteiger partial charge in [0.1, 0.15) is 16.7 Å². The Kier molecular flexibility index (Phi) is 6.98. The number of hydrogen-bond acceptors (Lipinski definition) is 7. The molecule has 0 saturated heterocycles. The van der Waals surface area contributed by atoms with Crippen LogP contribution in [0.15, 0.2) is 29.3 Å². The molecule has 15 heteroatoms. The summed E-state index contributed by atoms with van der Waals surface area (Å²) in [6, 6.07) is 6.24. The quantitative estimate of drug-likeness (QED) is 0.487. The average Bonchev–Trinajstić information content (AvgIpc) is 3.48. The van der Waals surface area contributed by atoms with Crippen LogP contribution in [0, 0.1) is 16.7 Å². The number of alkyl halides is 3. The number of nitrogens with zero attached hydrogens (tertiary/aromatic N) is 4. The number of fused-ring (bicyclic) bond motifs is 1. The third-order valence-corrected chi connectivity index (χ3v) is 8.63. The number of anilines is 2. The third kappa shape index (κ3) is 5.35. The fourth-order valence-electron chi connectivity index (χ4n) is 3.94. The maximum atomic E-state index is 13.8. The fourth-order valence-corrected chi connectivity index (χ4v) is 5.89. The topological polar surface area (TPSA) is 127 Å². The van der Waals surface area contributed by atoms with Crippen molar-refractivity contribution < 1.29 is 35.9 Å². The molecular formula is C23H25ClF3N5O5S. The van der Waals surface area contributed by atoms with Crippen LogP contribution in [0.2, 0.25) is 5.15 Å². The van der Waals surface area contributed by atoms with E-state index in [-0.39, 0.29) is 33.7 Å². The number of rotatable bonds is 7. The second-order valence-electron chi connectivity index (χ2n) is 9.72. The predicted molar refractivity (Wildman–Crippen MR) is 130 cm³/mol. The molecule has 0 radical (unpaired) electrons. The van der Waals surface area contributed by atoms with Gasteiger partial charge in [-0.05, 0) is 51.8 Å². The van der Waals surface area contributed by atoms with Crippen LogP contribution in [0.25, 0.3) is 0 Å². The highest BCUT2D eigenvalue weighted by Crippen LogP contribution is 2.51. The number of hydrogen-bond donors (Lipinski definition) is 1. The molecule has 1 aromatic heterocycles. The van der Waals surface area contributed by atoms with Gasteiger partial charge in [-0.25, -0.2) is 13.2 Å². The number of benzene rings is 1. The van der Waals surface area contributed by atoms with Crippen LogP contribution < -0.4 is 14.4 Å². The summed E-state index contributed by atoms with van der Waals surface area (Å²) in [6.07, 6.45) is -3.90. The average molecular weight is 576 g/mol. The van der Waals surface area contributed by atoms with E-state index in [0.29, 0.717) is 39.7 Å². The maximum absolute atomic E-state index is 13.8. The number of aromatic nitrogens is 2. The molecule has 1 atom stereocenters. The number of nitrogens with one attached hydrogen (secondary N) is 1. The summed E-state index contributed by atoms with van der Waals surface area (Å²) in [6.45, 7) is 3.37. The van der Waals surface area contributed by atoms with Crippen LogP contribution in [-0.2, 0) is 21.3 Å². The van der Waals surface area contributed by atoms with E-state index < -0.39 is 39.4 Å². The van der Waals surface area contributed by atoms with Crippen LogP contribution in [0.3, 0.4) is 0 Å². The molecule has 2 aromatic rings. The van der Waals surface area contributed by atoms with Crippen molar-refractivity contribution in [2.45, 2.75) is 69.4 Å². The lowest BCUT2D eigenvalue weighted by molar-refractivity contribution is -0.242. The molecule has 10 nitrogen and oxygen atoms in total. The number of nitriles is 1. The highest BCUT2D eigenvalue weighted by molar-refractivity contribution is 7.93. The van der Waals surface area contributed by atoms with Gasteiger partial charge in [0.15, 0.2) is 5.15 Å². The van der Waals surface area contributed by atoms with Crippen LogP contribution in [0.4, 0.5) is 29.3 Å². The molecular weight excluding hydrogens is 551 g/mol. The van der Waals surface area contributed by atoms with Gasteiger partial charge in [0.05, 0.1) is 23.7 Å². The van der Waals surface area contributed by atoms with E-state index in [0.717, 1.165) is 4.31 Å². The van der Waals surface area contributed by atoms with Crippen molar-refractivity contribution >= 4 is 39.1 Å². The van der Waals surface area contributed by atoms with Crippen LogP contribution in [0.5, 0.6) is 5.75 Å². The summed E-state index contributed by atoms with van der Waals surface area (Å²) in [4.78, 5) is 12.0. The van der Waals surface area contributed by atoms with Crippen molar-refractivity contribution in [3.05, 3.63) is 29.5 Å². The summed E-state index contributed by atoms with van der Waals surface area (Å²) < 4.78 is 79.8. The van der Waals surface area contributed by atoms with Crippen molar-refractivity contribution in [2.75, 3.05) is 16.2 Å². The van der Waals surface area contributed by atoms with E-state index in [1.165, 1.54) is 29.1 Å². The molecule has 38 heavy (non-hydrogen) atoms. The molecule has 1 aliphatic heterocycles. The normalized spacial score (nSPS) is 18.7. The van der Waals surface area contributed by atoms with Gasteiger partial charge in [0.25, 0.3) is 10.0 Å². The summed E-state index contributed by atoms with van der Waals surface area (Å²) in [5.74, 6) is 0.145. The molecule has 4 rings (SSSR count). The van der Waals surface area contributed by atoms with Gasteiger partial charge in [-0.1, -0.05) is 11.6 Å². The van der Waals surface area contributed by atoms with Gasteiger partial charge in [-0.15, -0.1) is 0 Å². The first kappa shape index (κ1) is 27.8. The van der Waals surface area contributed by atoms with Gasteiger partial charge < -0.3 is 9.47 Å². The lowest BCUT2D eigenvalue weighted by atomic mass is 9.99. The second kappa shape index (κ2) is 9.53. The Morgan fingerprint density at radius 2 is 2.05 bits per heavy atom. The molecule has 206 valence electrons. The molecule has 0 bridgehead atoms. The SMILES string of the molecule is CCn1cc(S(=O)(=O)N2CC(CC3(C#N)CC3)Oc3ccc(NC(=O)OC(C)(C)C(F)(F)F)cc32)c(Cl)n1. The molecule has 1 unspecified atom stereocenters. The minimum Gasteiger partial charge on any atom is -0.486 e. The lowest BCUT2D eigenvalue weighted by Crippen LogP contribution is -2.45. The summed E-state index contributed by atoms with van der Waals surface area (Å²) in [5.41, 5.74) is -3.35. The number of carbonyl (C=O) groups is 1. The van der Waals surface area contributed by atoms with Crippen molar-refractivity contribution in [1.29, 1.82) is 5.26 Å². The summed E-state index contributed by atoms with van der Waals surface area (Å²) in [7, 11) is -4.30. The van der Waals surface area contributed by atoms with E-state index in [1.54, 1.807) is 6.92 Å². The molecule has 1 aliphatic carbocycles. The van der Waals surface area contributed by atoms with Crippen LogP contribution >= 0.6 is 11.6 Å². The zero-order valence-electron chi connectivity index (χ0n) is 20.7. The zero-order valence-corrected chi connectivity index (χ0v) is 22.2. The first-order valence-electron chi connectivity index (χ1n) is 11.7. The molecule has 1 saturated carbocycles. The van der Waals surface area contributed by atoms with Crippen molar-refractivity contribution in [2.24, 2.45) is 5.41 Å². The highest BCUT2D eigenvalue weighted by Gasteiger charge is 2.51. The van der Waals surface area contributed by atoms with Gasteiger partial charge in [-0.3, -0.25) is 14.3 Å². The van der Waals surface area contributed by atoms with E-state index in [2.05, 4.69) is 21.2 Å². The number of amides is 1. The first-order valence-corrected chi connectivity index (χ1v) is 13.5. The predicted octanol–water partition coefficient (Wildman–Crippen LogP) is 5.10. The fraction of sp³-hybridized carbons (Fsp3) is 0.522. The van der Waals surface area contributed by atoms with E-state index in [9.17, 15) is 31.6 Å². The smallest absolute Gasteiger partial charge is 0.427 e. The van der Waals surface area contributed by atoms with E-state index >= 15 is 0 Å². The van der Waals surface area contributed by atoms with Gasteiger partial charge in [-0.2, -0.15) is 23.5 Å². The molecule has 2 heterocycles. The Bertz CT molecular complexity index is 1400. The zero-order chi connectivity index (χ0) is 28.1. The van der Waals surface area contributed by atoms with Gasteiger partial charge in [0, 0.05) is 24.8 Å². The highest BCUT2D eigenvalue weighted by atomic mass is 35.5. The number of aryl methyl sites for hydroxylation is 1. The largest absolute Gasteiger partial charge is 0.486 e. The van der Waals surface area contributed by atoms with E-state index in [4.69, 9.17) is 16.3 Å². The Balaban J connectivity index is 1.68. The van der Waals surface area contributed by atoms with Gasteiger partial charge >= 0.3 is 12.3 Å². The van der Waals surface area contributed by atoms with Crippen LogP contribution in [0.1, 0.15) is 40.0 Å². The second-order valence-corrected chi connectivity index (χ2v) is 11.9. The minimum absolute atomic E-state index is 0.0243. The Morgan fingerprint density at radius 1 is 1.37 bits per heavy atom. The van der Waals surface area contributed by atoms with Crippen LogP contribution in [-0.4, -0.2) is 48.7 Å². The van der Waals surface area contributed by atoms with Gasteiger partial charge in [0.2, 0.25) is 5.60 Å². The number of sulfonamides is 1. The van der Waals surface area contributed by atoms with Crippen molar-refractivity contribution in [3.63, 3.8) is 0 Å². The Hall–Kier alpha value is -3.18. The van der Waals surface area contributed by atoms with Crippen molar-refractivity contribution in [3.8, 4) is 11.8 Å². The maximum Gasteiger partial charge on any atom is 0.427 e. The monoisotopic (exact) mass is 575 g/mol. The Labute approximate surface area is 222 Å². The molecule has 2 aliphatic rings. The molecule has 0 spiro atoms. The number of halogens is 4. The summed E-state index contributed by atoms with van der Waals surface area (Å²) in [5, 5.41) is 15.5. The standard InChI is InChI=1S/C23H25ClF3N5O5S/c1-4-31-12-18(19(24)30-31)38(34,35)32-11-15(10-22(13-28)7-8-22)36-17-6-5-14(9-16(17)32)29-20(33)37-21(2,3)23(25,26)27/h5-6,9,12,15H,4,7-8,10-11H2,1-3H3,(H,29,33). The molecule has 1 aromatic carbocycles. The Morgan fingerprint density at radius 3 is 2.61 bits per heavy atom. The number of carbonyl (C=O) groups excluding carboxylic acids is 1. The first-order chi connectivity index (χ1) is 17.6. The lowest BCUT2D eigenvalue weighted by Gasteiger charge is -2.36. The number of ether oxygens (including phenoxy) is 2.